The standard InChI is InChI=1S/C10H13ClS/c1-8-5-10(8,7-11)6-9-3-2-4-12-9/h2-4,8H,5-7H2,1H3. The zero-order chi connectivity index (χ0) is 8.60. The molecule has 0 radical (unpaired) electrons. The predicted octanol–water partition coefficient (Wildman–Crippen LogP) is 3.56. The Morgan fingerprint density at radius 3 is 2.92 bits per heavy atom. The Morgan fingerprint density at radius 2 is 2.50 bits per heavy atom. The molecule has 1 aliphatic carbocycles. The summed E-state index contributed by atoms with van der Waals surface area (Å²) in [7, 11) is 0. The van der Waals surface area contributed by atoms with Gasteiger partial charge < -0.3 is 0 Å². The topological polar surface area (TPSA) is 0 Å². The quantitative estimate of drug-likeness (QED) is 0.655. The van der Waals surface area contributed by atoms with Crippen molar-refractivity contribution in [2.24, 2.45) is 11.3 Å². The molecule has 0 nitrogen and oxygen atoms in total. The molecule has 12 heavy (non-hydrogen) atoms. The van der Waals surface area contributed by atoms with E-state index in [1.54, 1.807) is 0 Å². The van der Waals surface area contributed by atoms with Gasteiger partial charge in [0.1, 0.15) is 0 Å². The van der Waals surface area contributed by atoms with Crippen LogP contribution in [0.3, 0.4) is 0 Å². The van der Waals surface area contributed by atoms with Gasteiger partial charge >= 0.3 is 0 Å². The Hall–Kier alpha value is -0.0100. The summed E-state index contributed by atoms with van der Waals surface area (Å²) in [5.41, 5.74) is 0.451. The molecule has 1 aliphatic rings. The minimum absolute atomic E-state index is 0.451. The maximum Gasteiger partial charge on any atom is 0.0286 e. The molecule has 2 rings (SSSR count). The largest absolute Gasteiger partial charge is 0.149 e. The summed E-state index contributed by atoms with van der Waals surface area (Å²) in [6.07, 6.45) is 2.50. The van der Waals surface area contributed by atoms with Crippen molar-refractivity contribution in [3.63, 3.8) is 0 Å². The van der Waals surface area contributed by atoms with Gasteiger partial charge in [0.25, 0.3) is 0 Å². The van der Waals surface area contributed by atoms with Crippen LogP contribution >= 0.6 is 22.9 Å². The molecule has 0 spiro atoms. The van der Waals surface area contributed by atoms with Gasteiger partial charge in [0.15, 0.2) is 0 Å². The number of thiophene rings is 1. The van der Waals surface area contributed by atoms with E-state index < -0.39 is 0 Å². The Balaban J connectivity index is 2.04. The fourth-order valence-electron chi connectivity index (χ4n) is 1.79. The monoisotopic (exact) mass is 200 g/mol. The van der Waals surface area contributed by atoms with Gasteiger partial charge in [-0.3, -0.25) is 0 Å². The summed E-state index contributed by atoms with van der Waals surface area (Å²) in [6.45, 7) is 2.30. The van der Waals surface area contributed by atoms with E-state index in [9.17, 15) is 0 Å². The highest BCUT2D eigenvalue weighted by Gasteiger charge is 2.50. The SMILES string of the molecule is CC1CC1(CCl)Cc1cccs1. The fraction of sp³-hybridized carbons (Fsp3) is 0.600. The highest BCUT2D eigenvalue weighted by molar-refractivity contribution is 7.09. The second-order valence-corrected chi connectivity index (χ2v) is 5.16. The lowest BCUT2D eigenvalue weighted by atomic mass is 10.0. The smallest absolute Gasteiger partial charge is 0.0286 e. The molecule has 66 valence electrons. The molecule has 0 saturated heterocycles. The van der Waals surface area contributed by atoms with E-state index in [-0.39, 0.29) is 0 Å². The first-order valence-electron chi connectivity index (χ1n) is 4.35. The van der Waals surface area contributed by atoms with Gasteiger partial charge in [-0.25, -0.2) is 0 Å². The molecule has 1 fully saturated rings. The third-order valence-electron chi connectivity index (χ3n) is 2.97. The molecule has 0 N–H and O–H groups in total. The summed E-state index contributed by atoms with van der Waals surface area (Å²) in [5.74, 6) is 1.66. The number of halogens is 1. The van der Waals surface area contributed by atoms with Crippen LogP contribution in [0.5, 0.6) is 0 Å². The van der Waals surface area contributed by atoms with E-state index in [1.807, 2.05) is 11.3 Å². The number of alkyl halides is 1. The van der Waals surface area contributed by atoms with Crippen molar-refractivity contribution in [1.29, 1.82) is 0 Å². The first-order chi connectivity index (χ1) is 5.77. The molecule has 1 saturated carbocycles. The number of hydrogen-bond donors (Lipinski definition) is 0. The summed E-state index contributed by atoms with van der Waals surface area (Å²) in [5, 5.41) is 2.14. The molecule has 2 atom stereocenters. The van der Waals surface area contributed by atoms with Crippen LogP contribution in [-0.2, 0) is 6.42 Å². The van der Waals surface area contributed by atoms with Crippen LogP contribution in [0.1, 0.15) is 18.2 Å². The second-order valence-electron chi connectivity index (χ2n) is 3.86. The van der Waals surface area contributed by atoms with Crippen molar-refractivity contribution in [2.45, 2.75) is 19.8 Å². The van der Waals surface area contributed by atoms with Crippen LogP contribution in [0.2, 0.25) is 0 Å². The van der Waals surface area contributed by atoms with E-state index >= 15 is 0 Å². The average molecular weight is 201 g/mol. The van der Waals surface area contributed by atoms with Crippen LogP contribution in [0.25, 0.3) is 0 Å². The average Bonchev–Trinajstić information content (AvgIpc) is 2.51. The third-order valence-corrected chi connectivity index (χ3v) is 4.38. The van der Waals surface area contributed by atoms with Crippen molar-refractivity contribution < 1.29 is 0 Å². The normalized spacial score (nSPS) is 33.7. The molecule has 0 bridgehead atoms. The Labute approximate surface area is 82.6 Å². The zero-order valence-electron chi connectivity index (χ0n) is 7.22. The van der Waals surface area contributed by atoms with Crippen LogP contribution in [0, 0.1) is 11.3 Å². The van der Waals surface area contributed by atoms with E-state index in [0.29, 0.717) is 5.41 Å². The van der Waals surface area contributed by atoms with Gasteiger partial charge in [0, 0.05) is 10.8 Å². The van der Waals surface area contributed by atoms with E-state index in [0.717, 1.165) is 11.8 Å². The lowest BCUT2D eigenvalue weighted by Crippen LogP contribution is -2.08. The van der Waals surface area contributed by atoms with E-state index in [1.165, 1.54) is 17.7 Å². The van der Waals surface area contributed by atoms with Crippen LogP contribution in [0.4, 0.5) is 0 Å². The van der Waals surface area contributed by atoms with Crippen LogP contribution < -0.4 is 0 Å². The van der Waals surface area contributed by atoms with Gasteiger partial charge in [0.2, 0.25) is 0 Å². The van der Waals surface area contributed by atoms with Crippen LogP contribution in [-0.4, -0.2) is 5.88 Å². The molecule has 0 aliphatic heterocycles. The molecule has 0 amide bonds. The summed E-state index contributed by atoms with van der Waals surface area (Å²) in [6, 6.07) is 4.33. The highest BCUT2D eigenvalue weighted by atomic mass is 35.5. The molecule has 0 aromatic carbocycles. The molecule has 1 heterocycles. The highest BCUT2D eigenvalue weighted by Crippen LogP contribution is 2.55. The van der Waals surface area contributed by atoms with Crippen molar-refractivity contribution in [1.82, 2.24) is 0 Å². The predicted molar refractivity (Wildman–Crippen MR) is 55.0 cm³/mol. The maximum absolute atomic E-state index is 5.97. The Bertz CT molecular complexity index is 251. The van der Waals surface area contributed by atoms with Crippen molar-refractivity contribution in [3.05, 3.63) is 22.4 Å². The van der Waals surface area contributed by atoms with Gasteiger partial charge in [-0.05, 0) is 35.6 Å². The van der Waals surface area contributed by atoms with Crippen LogP contribution in [0.15, 0.2) is 17.5 Å². The first-order valence-corrected chi connectivity index (χ1v) is 5.77. The summed E-state index contributed by atoms with van der Waals surface area (Å²) in [4.78, 5) is 1.49. The molecular weight excluding hydrogens is 188 g/mol. The number of hydrogen-bond acceptors (Lipinski definition) is 1. The van der Waals surface area contributed by atoms with E-state index in [4.69, 9.17) is 11.6 Å². The van der Waals surface area contributed by atoms with Crippen molar-refractivity contribution in [3.8, 4) is 0 Å². The minimum Gasteiger partial charge on any atom is -0.149 e. The number of rotatable bonds is 3. The van der Waals surface area contributed by atoms with Gasteiger partial charge in [-0.15, -0.1) is 22.9 Å². The molecule has 1 aromatic rings. The Morgan fingerprint density at radius 1 is 1.75 bits per heavy atom. The lowest BCUT2D eigenvalue weighted by molar-refractivity contribution is 0.529. The first kappa shape index (κ1) is 8.58. The van der Waals surface area contributed by atoms with Crippen molar-refractivity contribution in [2.75, 3.05) is 5.88 Å². The summed E-state index contributed by atoms with van der Waals surface area (Å²) < 4.78 is 0. The van der Waals surface area contributed by atoms with E-state index in [2.05, 4.69) is 24.4 Å². The van der Waals surface area contributed by atoms with Gasteiger partial charge in [-0.2, -0.15) is 0 Å². The van der Waals surface area contributed by atoms with Gasteiger partial charge in [0.05, 0.1) is 0 Å². The molecule has 1 aromatic heterocycles. The van der Waals surface area contributed by atoms with Crippen molar-refractivity contribution >= 4 is 22.9 Å². The zero-order valence-corrected chi connectivity index (χ0v) is 8.79. The summed E-state index contributed by atoms with van der Waals surface area (Å²) >= 11 is 7.82. The molecule has 2 heteroatoms. The molecule has 2 unspecified atom stereocenters. The second kappa shape index (κ2) is 3.04. The fourth-order valence-corrected chi connectivity index (χ4v) is 3.12. The maximum atomic E-state index is 5.97. The Kier molecular flexibility index (Phi) is 2.18. The molecular formula is C10H13ClS. The lowest BCUT2D eigenvalue weighted by Gasteiger charge is -2.10. The van der Waals surface area contributed by atoms with Gasteiger partial charge in [-0.1, -0.05) is 13.0 Å². The third kappa shape index (κ3) is 1.40. The minimum atomic E-state index is 0.451.